The van der Waals surface area contributed by atoms with E-state index < -0.39 is 0 Å². The molecule has 2 heterocycles. The van der Waals surface area contributed by atoms with Gasteiger partial charge in [-0.3, -0.25) is 9.69 Å². The molecular formula is C23H31N3O3. The highest BCUT2D eigenvalue weighted by Gasteiger charge is 2.26. The Kier molecular flexibility index (Phi) is 7.87. The van der Waals surface area contributed by atoms with E-state index in [9.17, 15) is 4.79 Å². The lowest BCUT2D eigenvalue weighted by Crippen LogP contribution is -2.43. The van der Waals surface area contributed by atoms with Crippen molar-refractivity contribution in [2.75, 3.05) is 33.4 Å². The summed E-state index contributed by atoms with van der Waals surface area (Å²) in [5, 5.41) is 3.11. The molecule has 1 aromatic carbocycles. The van der Waals surface area contributed by atoms with Crippen molar-refractivity contribution in [2.24, 2.45) is 5.92 Å². The van der Waals surface area contributed by atoms with Crippen LogP contribution in [0.5, 0.6) is 11.6 Å². The van der Waals surface area contributed by atoms with Crippen LogP contribution in [0.15, 0.2) is 42.6 Å². The highest BCUT2D eigenvalue weighted by molar-refractivity contribution is 5.79. The maximum atomic E-state index is 12.7. The normalized spacial score (nSPS) is 17.0. The van der Waals surface area contributed by atoms with E-state index in [0.29, 0.717) is 19.0 Å². The largest absolute Gasteiger partial charge is 0.497 e. The number of carbonyl (C=O) groups is 1. The number of hydrogen-bond acceptors (Lipinski definition) is 5. The van der Waals surface area contributed by atoms with Gasteiger partial charge in [-0.25, -0.2) is 4.98 Å². The Hall–Kier alpha value is -2.60. The third-order valence-electron chi connectivity index (χ3n) is 5.25. The van der Waals surface area contributed by atoms with Crippen molar-refractivity contribution in [1.29, 1.82) is 0 Å². The number of nitrogens with one attached hydrogen (secondary N) is 1. The summed E-state index contributed by atoms with van der Waals surface area (Å²) in [6, 6.07) is 12.0. The van der Waals surface area contributed by atoms with Crippen molar-refractivity contribution in [3.63, 3.8) is 0 Å². The number of nitrogens with zero attached hydrogens (tertiary/aromatic N) is 2. The predicted molar refractivity (Wildman–Crippen MR) is 113 cm³/mol. The zero-order chi connectivity index (χ0) is 20.5. The number of benzene rings is 1. The molecule has 0 radical (unpaired) electrons. The van der Waals surface area contributed by atoms with Gasteiger partial charge in [0.15, 0.2) is 0 Å². The van der Waals surface area contributed by atoms with Crippen molar-refractivity contribution >= 4 is 5.91 Å². The molecule has 1 N–H and O–H groups in total. The third kappa shape index (κ3) is 6.19. The molecule has 1 aliphatic heterocycles. The maximum absolute atomic E-state index is 12.7. The number of piperidine rings is 1. The van der Waals surface area contributed by atoms with Gasteiger partial charge in [-0.15, -0.1) is 0 Å². The molecule has 1 aromatic heterocycles. The minimum atomic E-state index is 0.0290. The van der Waals surface area contributed by atoms with Crippen LogP contribution in [-0.4, -0.2) is 49.1 Å². The number of hydrogen-bond donors (Lipinski definition) is 1. The zero-order valence-electron chi connectivity index (χ0n) is 17.4. The Bertz CT molecular complexity index is 796. The number of rotatable bonds is 9. The Morgan fingerprint density at radius 3 is 3.03 bits per heavy atom. The SMILES string of the molecule is CCOc1ncccc1CN1CCCC(C(=O)NCCc2cccc(OC)c2)C1. The van der Waals surface area contributed by atoms with Gasteiger partial charge in [0.25, 0.3) is 0 Å². The van der Waals surface area contributed by atoms with E-state index in [1.165, 1.54) is 0 Å². The van der Waals surface area contributed by atoms with Gasteiger partial charge in [-0.1, -0.05) is 18.2 Å². The summed E-state index contributed by atoms with van der Waals surface area (Å²) in [6.45, 7) is 5.73. The molecule has 1 atom stereocenters. The topological polar surface area (TPSA) is 63.7 Å². The molecule has 2 aromatic rings. The van der Waals surface area contributed by atoms with Gasteiger partial charge in [-0.2, -0.15) is 0 Å². The molecule has 156 valence electrons. The summed E-state index contributed by atoms with van der Waals surface area (Å²) in [7, 11) is 1.67. The predicted octanol–water partition coefficient (Wildman–Crippen LogP) is 3.06. The highest BCUT2D eigenvalue weighted by Crippen LogP contribution is 2.22. The van der Waals surface area contributed by atoms with Crippen LogP contribution < -0.4 is 14.8 Å². The van der Waals surface area contributed by atoms with E-state index >= 15 is 0 Å². The molecule has 6 heteroatoms. The van der Waals surface area contributed by atoms with Crippen LogP contribution in [0.4, 0.5) is 0 Å². The monoisotopic (exact) mass is 397 g/mol. The van der Waals surface area contributed by atoms with Gasteiger partial charge < -0.3 is 14.8 Å². The molecule has 3 rings (SSSR count). The number of aromatic nitrogens is 1. The van der Waals surface area contributed by atoms with Gasteiger partial charge in [0.1, 0.15) is 5.75 Å². The average molecular weight is 398 g/mol. The molecule has 1 amide bonds. The van der Waals surface area contributed by atoms with E-state index in [0.717, 1.165) is 55.8 Å². The number of ether oxygens (including phenoxy) is 2. The molecule has 6 nitrogen and oxygen atoms in total. The molecule has 1 aliphatic rings. The molecule has 1 fully saturated rings. The van der Waals surface area contributed by atoms with E-state index in [4.69, 9.17) is 9.47 Å². The fourth-order valence-corrected chi connectivity index (χ4v) is 3.77. The van der Waals surface area contributed by atoms with E-state index in [1.54, 1.807) is 13.3 Å². The van der Waals surface area contributed by atoms with Crippen LogP contribution in [0, 0.1) is 5.92 Å². The Balaban J connectivity index is 1.49. The van der Waals surface area contributed by atoms with Gasteiger partial charge in [0.2, 0.25) is 11.8 Å². The van der Waals surface area contributed by atoms with Crippen LogP contribution in [0.2, 0.25) is 0 Å². The summed E-state index contributed by atoms with van der Waals surface area (Å²) in [6.07, 6.45) is 4.51. The summed E-state index contributed by atoms with van der Waals surface area (Å²) in [5.41, 5.74) is 2.24. The first-order valence-electron chi connectivity index (χ1n) is 10.4. The minimum Gasteiger partial charge on any atom is -0.497 e. The first-order chi connectivity index (χ1) is 14.2. The van der Waals surface area contributed by atoms with Crippen LogP contribution in [0.1, 0.15) is 30.9 Å². The lowest BCUT2D eigenvalue weighted by molar-refractivity contribution is -0.126. The van der Waals surface area contributed by atoms with Crippen molar-refractivity contribution in [1.82, 2.24) is 15.2 Å². The summed E-state index contributed by atoms with van der Waals surface area (Å²) < 4.78 is 10.9. The van der Waals surface area contributed by atoms with Crippen LogP contribution in [-0.2, 0) is 17.8 Å². The molecule has 0 aliphatic carbocycles. The quantitative estimate of drug-likeness (QED) is 0.705. The van der Waals surface area contributed by atoms with Gasteiger partial charge in [0.05, 0.1) is 19.6 Å². The molecule has 0 spiro atoms. The standard InChI is InChI=1S/C23H31N3O3/c1-3-29-23-20(8-5-12-25-23)17-26-14-6-9-19(16-26)22(27)24-13-11-18-7-4-10-21(15-18)28-2/h4-5,7-8,10,12,15,19H,3,6,9,11,13-14,16-17H2,1-2H3,(H,24,27). The van der Waals surface area contributed by atoms with Crippen molar-refractivity contribution < 1.29 is 14.3 Å². The fraction of sp³-hybridized carbons (Fsp3) is 0.478. The third-order valence-corrected chi connectivity index (χ3v) is 5.25. The van der Waals surface area contributed by atoms with Gasteiger partial charge >= 0.3 is 0 Å². The smallest absolute Gasteiger partial charge is 0.224 e. The number of likely N-dealkylation sites (tertiary alicyclic amines) is 1. The molecule has 0 bridgehead atoms. The molecule has 1 unspecified atom stereocenters. The van der Waals surface area contributed by atoms with Gasteiger partial charge in [0, 0.05) is 31.4 Å². The van der Waals surface area contributed by atoms with Crippen molar-refractivity contribution in [3.8, 4) is 11.6 Å². The average Bonchev–Trinajstić information content (AvgIpc) is 2.75. The Morgan fingerprint density at radius 1 is 1.31 bits per heavy atom. The van der Waals surface area contributed by atoms with Crippen LogP contribution in [0.3, 0.4) is 0 Å². The van der Waals surface area contributed by atoms with Crippen molar-refractivity contribution in [3.05, 3.63) is 53.7 Å². The second kappa shape index (κ2) is 10.8. The lowest BCUT2D eigenvalue weighted by atomic mass is 9.96. The number of methoxy groups -OCH3 is 1. The Morgan fingerprint density at radius 2 is 2.21 bits per heavy atom. The minimum absolute atomic E-state index is 0.0290. The first-order valence-corrected chi connectivity index (χ1v) is 10.4. The summed E-state index contributed by atoms with van der Waals surface area (Å²) >= 11 is 0. The second-order valence-electron chi connectivity index (χ2n) is 7.37. The number of amides is 1. The zero-order valence-corrected chi connectivity index (χ0v) is 17.4. The molecule has 1 saturated heterocycles. The molecular weight excluding hydrogens is 366 g/mol. The van der Waals surface area contributed by atoms with Crippen LogP contribution >= 0.6 is 0 Å². The lowest BCUT2D eigenvalue weighted by Gasteiger charge is -2.32. The summed E-state index contributed by atoms with van der Waals surface area (Å²) in [4.78, 5) is 19.3. The van der Waals surface area contributed by atoms with Crippen molar-refractivity contribution in [2.45, 2.75) is 32.7 Å². The number of carbonyl (C=O) groups excluding carboxylic acids is 1. The second-order valence-corrected chi connectivity index (χ2v) is 7.37. The maximum Gasteiger partial charge on any atom is 0.224 e. The van der Waals surface area contributed by atoms with Crippen LogP contribution in [0.25, 0.3) is 0 Å². The van der Waals surface area contributed by atoms with E-state index in [1.807, 2.05) is 31.2 Å². The first kappa shape index (κ1) is 21.1. The van der Waals surface area contributed by atoms with E-state index in [2.05, 4.69) is 27.3 Å². The van der Waals surface area contributed by atoms with E-state index in [-0.39, 0.29) is 11.8 Å². The summed E-state index contributed by atoms with van der Waals surface area (Å²) in [5.74, 6) is 1.72. The number of pyridine rings is 1. The highest BCUT2D eigenvalue weighted by atomic mass is 16.5. The van der Waals surface area contributed by atoms with Gasteiger partial charge in [-0.05, 0) is 56.5 Å². The Labute approximate surface area is 173 Å². The molecule has 29 heavy (non-hydrogen) atoms. The fourth-order valence-electron chi connectivity index (χ4n) is 3.77. The molecule has 0 saturated carbocycles.